The number of nitrogens with zero attached hydrogens (tertiary/aromatic N) is 3. The lowest BCUT2D eigenvalue weighted by Crippen LogP contribution is -2.44. The minimum atomic E-state index is -0.269. The highest BCUT2D eigenvalue weighted by Gasteiger charge is 2.38. The van der Waals surface area contributed by atoms with Gasteiger partial charge in [-0.3, -0.25) is 14.6 Å². The molecule has 2 atom stereocenters. The molecule has 1 aromatic rings. The van der Waals surface area contributed by atoms with Crippen molar-refractivity contribution in [2.45, 2.75) is 38.3 Å². The highest BCUT2D eigenvalue weighted by Crippen LogP contribution is 2.25. The van der Waals surface area contributed by atoms with Crippen LogP contribution in [0.25, 0.3) is 0 Å². The zero-order chi connectivity index (χ0) is 19.1. The summed E-state index contributed by atoms with van der Waals surface area (Å²) < 4.78 is 5.08. The van der Waals surface area contributed by atoms with E-state index < -0.39 is 0 Å². The van der Waals surface area contributed by atoms with Gasteiger partial charge in [-0.2, -0.15) is 0 Å². The number of amides is 2. The number of likely N-dealkylation sites (tertiary alicyclic amines) is 1. The topological polar surface area (TPSA) is 74.8 Å². The minimum Gasteiger partial charge on any atom is -0.383 e. The summed E-state index contributed by atoms with van der Waals surface area (Å²) in [5.41, 5.74) is 0.892. The normalized spacial score (nSPS) is 23.3. The van der Waals surface area contributed by atoms with E-state index in [1.54, 1.807) is 18.2 Å². The number of methoxy groups -OCH3 is 1. The molecule has 0 aliphatic carbocycles. The molecule has 7 heteroatoms. The minimum absolute atomic E-state index is 0.0470. The van der Waals surface area contributed by atoms with Gasteiger partial charge < -0.3 is 19.9 Å². The molecule has 0 saturated carbocycles. The Bertz CT molecular complexity index is 617. The maximum atomic E-state index is 13.4. The van der Waals surface area contributed by atoms with Crippen molar-refractivity contribution < 1.29 is 14.3 Å². The summed E-state index contributed by atoms with van der Waals surface area (Å²) in [4.78, 5) is 33.8. The van der Waals surface area contributed by atoms with Crippen LogP contribution in [0.5, 0.6) is 0 Å². The molecule has 0 bridgehead atoms. The fourth-order valence-electron chi connectivity index (χ4n) is 3.96. The molecule has 2 fully saturated rings. The van der Waals surface area contributed by atoms with Gasteiger partial charge in [-0.1, -0.05) is 6.07 Å². The number of nitrogens with one attached hydrogen (secondary N) is 1. The zero-order valence-electron chi connectivity index (χ0n) is 16.1. The van der Waals surface area contributed by atoms with Crippen molar-refractivity contribution in [1.82, 2.24) is 20.1 Å². The van der Waals surface area contributed by atoms with E-state index in [-0.39, 0.29) is 23.8 Å². The van der Waals surface area contributed by atoms with Crippen LogP contribution >= 0.6 is 0 Å². The van der Waals surface area contributed by atoms with Gasteiger partial charge in [0.1, 0.15) is 0 Å². The molecular weight excluding hydrogens is 344 g/mol. The van der Waals surface area contributed by atoms with Gasteiger partial charge in [0.25, 0.3) is 0 Å². The van der Waals surface area contributed by atoms with Gasteiger partial charge in [0.05, 0.1) is 24.8 Å². The predicted octanol–water partition coefficient (Wildman–Crippen LogP) is 1.05. The smallest absolute Gasteiger partial charge is 0.228 e. The zero-order valence-corrected chi connectivity index (χ0v) is 16.1. The molecule has 7 nitrogen and oxygen atoms in total. The van der Waals surface area contributed by atoms with Gasteiger partial charge in [0.2, 0.25) is 11.8 Å². The number of hydrogen-bond donors (Lipinski definition) is 1. The predicted molar refractivity (Wildman–Crippen MR) is 102 cm³/mol. The van der Waals surface area contributed by atoms with Crippen molar-refractivity contribution in [3.05, 3.63) is 30.1 Å². The molecule has 0 spiro atoms. The SMILES string of the molecule is COCCN1CC(C(=O)N(Cc2ccccn2)C2CCCNCC2)CC1=O. The van der Waals surface area contributed by atoms with E-state index in [0.29, 0.717) is 32.7 Å². The van der Waals surface area contributed by atoms with E-state index in [1.165, 1.54) is 0 Å². The van der Waals surface area contributed by atoms with Crippen LogP contribution in [0.15, 0.2) is 24.4 Å². The van der Waals surface area contributed by atoms with Gasteiger partial charge >= 0.3 is 0 Å². The number of hydrogen-bond acceptors (Lipinski definition) is 5. The highest BCUT2D eigenvalue weighted by atomic mass is 16.5. The first-order valence-electron chi connectivity index (χ1n) is 9.87. The fourth-order valence-corrected chi connectivity index (χ4v) is 3.96. The van der Waals surface area contributed by atoms with E-state index in [1.807, 2.05) is 23.1 Å². The van der Waals surface area contributed by atoms with Crippen LogP contribution in [0.4, 0.5) is 0 Å². The molecule has 2 saturated heterocycles. The molecule has 2 aliphatic rings. The van der Waals surface area contributed by atoms with E-state index in [0.717, 1.165) is 38.0 Å². The monoisotopic (exact) mass is 374 g/mol. The molecule has 0 aromatic carbocycles. The van der Waals surface area contributed by atoms with Crippen molar-refractivity contribution in [3.63, 3.8) is 0 Å². The number of pyridine rings is 1. The molecule has 0 radical (unpaired) electrons. The lowest BCUT2D eigenvalue weighted by molar-refractivity contribution is -0.139. The second-order valence-corrected chi connectivity index (χ2v) is 7.36. The summed E-state index contributed by atoms with van der Waals surface area (Å²) in [6, 6.07) is 5.98. The van der Waals surface area contributed by atoms with Crippen LogP contribution in [0.1, 0.15) is 31.4 Å². The summed E-state index contributed by atoms with van der Waals surface area (Å²) in [6.45, 7) is 3.96. The van der Waals surface area contributed by atoms with Gasteiger partial charge in [-0.15, -0.1) is 0 Å². The van der Waals surface area contributed by atoms with Gasteiger partial charge in [-0.05, 0) is 44.5 Å². The Morgan fingerprint density at radius 1 is 1.37 bits per heavy atom. The van der Waals surface area contributed by atoms with Crippen molar-refractivity contribution in [2.24, 2.45) is 5.92 Å². The molecule has 3 rings (SSSR count). The Morgan fingerprint density at radius 2 is 2.26 bits per heavy atom. The maximum absolute atomic E-state index is 13.4. The lowest BCUT2D eigenvalue weighted by atomic mass is 10.0. The Hall–Kier alpha value is -1.99. The number of rotatable bonds is 7. The van der Waals surface area contributed by atoms with Crippen molar-refractivity contribution >= 4 is 11.8 Å². The molecule has 2 unspecified atom stereocenters. The molecular formula is C20H30N4O3. The molecule has 1 aromatic heterocycles. The summed E-state index contributed by atoms with van der Waals surface area (Å²) in [7, 11) is 1.62. The second-order valence-electron chi connectivity index (χ2n) is 7.36. The molecule has 27 heavy (non-hydrogen) atoms. The third kappa shape index (κ3) is 5.26. The summed E-state index contributed by atoms with van der Waals surface area (Å²) in [5, 5.41) is 3.41. The number of ether oxygens (including phenoxy) is 1. The summed E-state index contributed by atoms with van der Waals surface area (Å²) in [5.74, 6) is -0.138. The largest absolute Gasteiger partial charge is 0.383 e. The molecule has 3 heterocycles. The summed E-state index contributed by atoms with van der Waals surface area (Å²) >= 11 is 0. The number of carbonyl (C=O) groups is 2. The standard InChI is InChI=1S/C20H30N4O3/c1-27-12-11-23-14-16(13-19(23)25)20(26)24(15-17-5-2-3-9-22-17)18-6-4-8-21-10-7-18/h2-3,5,9,16,18,21H,4,6-8,10-15H2,1H3. The van der Waals surface area contributed by atoms with E-state index in [4.69, 9.17) is 4.74 Å². The third-order valence-electron chi connectivity index (χ3n) is 5.46. The van der Waals surface area contributed by atoms with Crippen LogP contribution in [0.3, 0.4) is 0 Å². The van der Waals surface area contributed by atoms with Gasteiger partial charge in [0, 0.05) is 38.9 Å². The fraction of sp³-hybridized carbons (Fsp3) is 0.650. The molecule has 2 amide bonds. The highest BCUT2D eigenvalue weighted by molar-refractivity contribution is 5.89. The van der Waals surface area contributed by atoms with Crippen LogP contribution in [0, 0.1) is 5.92 Å². The van der Waals surface area contributed by atoms with Gasteiger partial charge in [-0.25, -0.2) is 0 Å². The molecule has 2 aliphatic heterocycles. The Labute approximate surface area is 161 Å². The van der Waals surface area contributed by atoms with Crippen molar-refractivity contribution in [1.29, 1.82) is 0 Å². The Morgan fingerprint density at radius 3 is 3.04 bits per heavy atom. The van der Waals surface area contributed by atoms with Crippen LogP contribution in [-0.4, -0.2) is 72.5 Å². The first-order valence-corrected chi connectivity index (χ1v) is 9.87. The second kappa shape index (κ2) is 9.80. The average Bonchev–Trinajstić information content (AvgIpc) is 2.88. The van der Waals surface area contributed by atoms with Crippen LogP contribution in [0.2, 0.25) is 0 Å². The van der Waals surface area contributed by atoms with Crippen LogP contribution < -0.4 is 5.32 Å². The number of carbonyl (C=O) groups excluding carboxylic acids is 2. The molecule has 148 valence electrons. The third-order valence-corrected chi connectivity index (χ3v) is 5.46. The van der Waals surface area contributed by atoms with E-state index in [9.17, 15) is 9.59 Å². The first-order chi connectivity index (χ1) is 13.2. The van der Waals surface area contributed by atoms with Crippen molar-refractivity contribution in [3.8, 4) is 0 Å². The quantitative estimate of drug-likeness (QED) is 0.772. The first kappa shape index (κ1) is 19.8. The van der Waals surface area contributed by atoms with Gasteiger partial charge in [0.15, 0.2) is 0 Å². The maximum Gasteiger partial charge on any atom is 0.228 e. The van der Waals surface area contributed by atoms with Crippen molar-refractivity contribution in [2.75, 3.05) is 39.9 Å². The van der Waals surface area contributed by atoms with E-state index in [2.05, 4.69) is 10.3 Å². The Kier molecular flexibility index (Phi) is 7.18. The number of aromatic nitrogens is 1. The van der Waals surface area contributed by atoms with E-state index >= 15 is 0 Å². The lowest BCUT2D eigenvalue weighted by Gasteiger charge is -2.33. The molecule has 1 N–H and O–H groups in total. The Balaban J connectivity index is 1.73. The summed E-state index contributed by atoms with van der Waals surface area (Å²) in [6.07, 6.45) is 5.04. The average molecular weight is 374 g/mol. The van der Waals surface area contributed by atoms with Crippen LogP contribution in [-0.2, 0) is 20.9 Å².